The minimum Gasteiger partial charge on any atom is -0.340 e. The predicted molar refractivity (Wildman–Crippen MR) is 112 cm³/mol. The highest BCUT2D eigenvalue weighted by atomic mass is 79.9. The molecule has 1 N–H and O–H groups in total. The molecule has 0 spiro atoms. The molecule has 1 atom stereocenters. The van der Waals surface area contributed by atoms with E-state index in [0.717, 1.165) is 15.7 Å². The van der Waals surface area contributed by atoms with Gasteiger partial charge in [-0.2, -0.15) is 0 Å². The van der Waals surface area contributed by atoms with Gasteiger partial charge in [0.15, 0.2) is 0 Å². The summed E-state index contributed by atoms with van der Waals surface area (Å²) in [5.41, 5.74) is 2.40. The average Bonchev–Trinajstić information content (AvgIpc) is 2.62. The molecule has 150 valence electrons. The second-order valence-electron chi connectivity index (χ2n) is 6.92. The van der Waals surface area contributed by atoms with Gasteiger partial charge in [0.1, 0.15) is 5.82 Å². The van der Waals surface area contributed by atoms with Gasteiger partial charge in [0, 0.05) is 23.8 Å². The van der Waals surface area contributed by atoms with Crippen LogP contribution in [0.25, 0.3) is 0 Å². The first-order valence-electron chi connectivity index (χ1n) is 8.93. The van der Waals surface area contributed by atoms with Gasteiger partial charge >= 0.3 is 0 Å². The van der Waals surface area contributed by atoms with E-state index in [2.05, 4.69) is 21.2 Å². The number of amides is 2. The third-order valence-corrected chi connectivity index (χ3v) is 5.05. The monoisotopic (exact) mass is 449 g/mol. The number of anilines is 1. The number of hydrogen-bond acceptors (Lipinski definition) is 3. The number of aryl methyl sites for hydroxylation is 1. The second kappa shape index (κ2) is 9.80. The molecule has 2 rings (SSSR count). The lowest BCUT2D eigenvalue weighted by molar-refractivity contribution is -0.135. The van der Waals surface area contributed by atoms with Gasteiger partial charge in [0.25, 0.3) is 0 Å². The van der Waals surface area contributed by atoms with Crippen molar-refractivity contribution in [2.24, 2.45) is 0 Å². The molecule has 0 unspecified atom stereocenters. The van der Waals surface area contributed by atoms with Gasteiger partial charge in [-0.1, -0.05) is 28.1 Å². The molecule has 0 bridgehead atoms. The Hall–Kier alpha value is -2.25. The number of rotatable bonds is 7. The lowest BCUT2D eigenvalue weighted by Gasteiger charge is -2.28. The molecule has 0 aromatic heterocycles. The number of nitrogens with zero attached hydrogens (tertiary/aromatic N) is 2. The second-order valence-corrected chi connectivity index (χ2v) is 7.84. The summed E-state index contributed by atoms with van der Waals surface area (Å²) in [6.07, 6.45) is 0. The highest BCUT2D eigenvalue weighted by Crippen LogP contribution is 2.20. The van der Waals surface area contributed by atoms with Crippen LogP contribution in [-0.4, -0.2) is 48.3 Å². The van der Waals surface area contributed by atoms with E-state index in [-0.39, 0.29) is 24.2 Å². The molecular weight excluding hydrogens is 425 g/mol. The van der Waals surface area contributed by atoms with Crippen LogP contribution in [0.5, 0.6) is 0 Å². The molecule has 2 aromatic rings. The molecule has 5 nitrogen and oxygen atoms in total. The lowest BCUT2D eigenvalue weighted by Crippen LogP contribution is -2.46. The van der Waals surface area contributed by atoms with Crippen LogP contribution >= 0.6 is 15.9 Å². The zero-order chi connectivity index (χ0) is 20.8. The maximum absolute atomic E-state index is 13.3. The van der Waals surface area contributed by atoms with E-state index in [1.807, 2.05) is 25.1 Å². The van der Waals surface area contributed by atoms with E-state index in [4.69, 9.17) is 0 Å². The van der Waals surface area contributed by atoms with Gasteiger partial charge in [-0.25, -0.2) is 4.39 Å². The zero-order valence-corrected chi connectivity index (χ0v) is 18.1. The van der Waals surface area contributed by atoms with Crippen LogP contribution in [0.1, 0.15) is 18.1 Å². The third-order valence-electron chi connectivity index (χ3n) is 4.56. The maximum atomic E-state index is 13.3. The summed E-state index contributed by atoms with van der Waals surface area (Å²) in [5, 5.41) is 2.87. The van der Waals surface area contributed by atoms with E-state index in [9.17, 15) is 14.0 Å². The van der Waals surface area contributed by atoms with Gasteiger partial charge in [-0.05, 0) is 62.4 Å². The summed E-state index contributed by atoms with van der Waals surface area (Å²) >= 11 is 3.39. The van der Waals surface area contributed by atoms with Gasteiger partial charge in [-0.15, -0.1) is 0 Å². The first kappa shape index (κ1) is 22.0. The third kappa shape index (κ3) is 6.14. The van der Waals surface area contributed by atoms with Crippen molar-refractivity contribution in [2.75, 3.05) is 26.0 Å². The highest BCUT2D eigenvalue weighted by molar-refractivity contribution is 9.10. The summed E-state index contributed by atoms with van der Waals surface area (Å²) in [6.45, 7) is 4.05. The molecule has 0 saturated carbocycles. The normalized spacial score (nSPS) is 12.0. The molecule has 0 heterocycles. The van der Waals surface area contributed by atoms with Crippen molar-refractivity contribution in [2.45, 2.75) is 26.4 Å². The lowest BCUT2D eigenvalue weighted by atomic mass is 10.2. The quantitative estimate of drug-likeness (QED) is 0.698. The number of carbonyl (C=O) groups is 2. The van der Waals surface area contributed by atoms with Crippen molar-refractivity contribution in [3.05, 3.63) is 63.9 Å². The number of carbonyl (C=O) groups excluding carboxylic acids is 2. The zero-order valence-electron chi connectivity index (χ0n) is 16.5. The summed E-state index contributed by atoms with van der Waals surface area (Å²) in [6, 6.07) is 11.3. The van der Waals surface area contributed by atoms with Crippen molar-refractivity contribution in [1.29, 1.82) is 0 Å². The Balaban J connectivity index is 1.92. The first-order valence-corrected chi connectivity index (χ1v) is 9.72. The Morgan fingerprint density at radius 2 is 1.89 bits per heavy atom. The number of halogens is 2. The predicted octanol–water partition coefficient (Wildman–Crippen LogP) is 3.81. The molecule has 7 heteroatoms. The number of nitrogens with one attached hydrogen (secondary N) is 1. The van der Waals surface area contributed by atoms with Crippen LogP contribution in [0, 0.1) is 12.7 Å². The molecule has 28 heavy (non-hydrogen) atoms. The number of hydrogen-bond donors (Lipinski definition) is 1. The van der Waals surface area contributed by atoms with Crippen LogP contribution in [0.2, 0.25) is 0 Å². The van der Waals surface area contributed by atoms with Crippen molar-refractivity contribution in [3.63, 3.8) is 0 Å². The fourth-order valence-electron chi connectivity index (χ4n) is 2.82. The molecule has 2 amide bonds. The number of likely N-dealkylation sites (N-methyl/N-ethyl adjacent to an activating group) is 2. The van der Waals surface area contributed by atoms with E-state index >= 15 is 0 Å². The molecular formula is C21H25BrFN3O2. The highest BCUT2D eigenvalue weighted by Gasteiger charge is 2.23. The minimum atomic E-state index is -0.490. The summed E-state index contributed by atoms with van der Waals surface area (Å²) in [5.74, 6) is -0.664. The van der Waals surface area contributed by atoms with Crippen molar-refractivity contribution < 1.29 is 14.0 Å². The topological polar surface area (TPSA) is 52.7 Å². The molecule has 2 aromatic carbocycles. The van der Waals surface area contributed by atoms with E-state index < -0.39 is 6.04 Å². The Labute approximate surface area is 173 Å². The Bertz CT molecular complexity index is 859. The van der Waals surface area contributed by atoms with Crippen molar-refractivity contribution in [3.8, 4) is 0 Å². The Morgan fingerprint density at radius 1 is 1.18 bits per heavy atom. The van der Waals surface area contributed by atoms with Crippen LogP contribution < -0.4 is 5.32 Å². The van der Waals surface area contributed by atoms with Crippen molar-refractivity contribution in [1.82, 2.24) is 9.80 Å². The van der Waals surface area contributed by atoms with E-state index in [1.54, 1.807) is 38.1 Å². The standard InChI is InChI=1S/C21H25BrFN3O2/c1-14-10-17(22)8-9-19(14)24-20(27)13-25(3)15(2)21(28)26(4)12-16-6-5-7-18(23)11-16/h5-11,15H,12-13H2,1-4H3,(H,24,27)/t15-/m0/s1. The summed E-state index contributed by atoms with van der Waals surface area (Å²) < 4.78 is 14.3. The molecule has 0 aliphatic rings. The van der Waals surface area contributed by atoms with E-state index in [0.29, 0.717) is 12.1 Å². The SMILES string of the molecule is Cc1cc(Br)ccc1NC(=O)CN(C)[C@@H](C)C(=O)N(C)Cc1cccc(F)c1. The van der Waals surface area contributed by atoms with Crippen molar-refractivity contribution >= 4 is 33.4 Å². The largest absolute Gasteiger partial charge is 0.340 e. The summed E-state index contributed by atoms with van der Waals surface area (Å²) in [4.78, 5) is 28.2. The number of benzene rings is 2. The van der Waals surface area contributed by atoms with Crippen LogP contribution in [0.3, 0.4) is 0 Å². The maximum Gasteiger partial charge on any atom is 0.239 e. The molecule has 0 saturated heterocycles. The molecule has 0 radical (unpaired) electrons. The molecule has 0 fully saturated rings. The molecule has 0 aliphatic heterocycles. The Morgan fingerprint density at radius 3 is 2.54 bits per heavy atom. The Kier molecular flexibility index (Phi) is 7.71. The van der Waals surface area contributed by atoms with Crippen LogP contribution in [-0.2, 0) is 16.1 Å². The van der Waals surface area contributed by atoms with Gasteiger partial charge in [0.2, 0.25) is 11.8 Å². The summed E-state index contributed by atoms with van der Waals surface area (Å²) in [7, 11) is 3.40. The molecule has 0 aliphatic carbocycles. The van der Waals surface area contributed by atoms with Gasteiger partial charge in [-0.3, -0.25) is 14.5 Å². The average molecular weight is 450 g/mol. The van der Waals surface area contributed by atoms with E-state index in [1.165, 1.54) is 17.0 Å². The van der Waals surface area contributed by atoms with Gasteiger partial charge in [0.05, 0.1) is 12.6 Å². The van der Waals surface area contributed by atoms with Crippen LogP contribution in [0.4, 0.5) is 10.1 Å². The smallest absolute Gasteiger partial charge is 0.239 e. The first-order chi connectivity index (χ1) is 13.2. The van der Waals surface area contributed by atoms with Crippen LogP contribution in [0.15, 0.2) is 46.9 Å². The fraction of sp³-hybridized carbons (Fsp3) is 0.333. The van der Waals surface area contributed by atoms with Gasteiger partial charge < -0.3 is 10.2 Å². The fourth-order valence-corrected chi connectivity index (χ4v) is 3.29. The minimum absolute atomic E-state index is 0.0796.